The average molecular weight is 254 g/mol. The molecule has 1 saturated carbocycles. The fraction of sp³-hybridized carbons (Fsp3) is 0.273. The third kappa shape index (κ3) is 1.81. The Morgan fingerprint density at radius 3 is 2.75 bits per heavy atom. The minimum atomic E-state index is 0.562. The van der Waals surface area contributed by atoms with Crippen LogP contribution in [-0.2, 0) is 0 Å². The standard InChI is InChI=1S/C11H9Cl2N3/c12-7-3-4-8(9(13)5-7)11-14-10(15-16-11)6-1-2-6/h3-6H,1-2H2,(H,14,15,16). The van der Waals surface area contributed by atoms with E-state index in [0.717, 1.165) is 11.4 Å². The molecule has 0 atom stereocenters. The molecule has 0 unspecified atom stereocenters. The highest BCUT2D eigenvalue weighted by Crippen LogP contribution is 2.38. The SMILES string of the molecule is Clc1ccc(-c2n[nH]c(C3CC3)n2)c(Cl)c1. The van der Waals surface area contributed by atoms with Crippen molar-refractivity contribution in [1.82, 2.24) is 15.2 Å². The van der Waals surface area contributed by atoms with Crippen molar-refractivity contribution >= 4 is 23.2 Å². The lowest BCUT2D eigenvalue weighted by molar-refractivity contribution is 0.935. The van der Waals surface area contributed by atoms with Crippen LogP contribution in [0.2, 0.25) is 10.0 Å². The van der Waals surface area contributed by atoms with Crippen molar-refractivity contribution in [3.63, 3.8) is 0 Å². The van der Waals surface area contributed by atoms with E-state index in [0.29, 0.717) is 21.8 Å². The highest BCUT2D eigenvalue weighted by atomic mass is 35.5. The lowest BCUT2D eigenvalue weighted by Gasteiger charge is -1.99. The van der Waals surface area contributed by atoms with Crippen molar-refractivity contribution in [2.24, 2.45) is 0 Å². The second-order valence-electron chi connectivity index (χ2n) is 3.94. The van der Waals surface area contributed by atoms with Crippen molar-refractivity contribution < 1.29 is 0 Å². The molecule has 1 heterocycles. The molecule has 5 heteroatoms. The minimum Gasteiger partial charge on any atom is -0.262 e. The zero-order valence-electron chi connectivity index (χ0n) is 8.37. The molecule has 0 spiro atoms. The zero-order chi connectivity index (χ0) is 11.1. The summed E-state index contributed by atoms with van der Waals surface area (Å²) in [5.74, 6) is 2.16. The number of benzene rings is 1. The Bertz CT molecular complexity index is 532. The molecule has 16 heavy (non-hydrogen) atoms. The van der Waals surface area contributed by atoms with Crippen LogP contribution >= 0.6 is 23.2 Å². The van der Waals surface area contributed by atoms with Gasteiger partial charge in [0.05, 0.1) is 5.02 Å². The predicted molar refractivity (Wildman–Crippen MR) is 63.8 cm³/mol. The number of hydrogen-bond donors (Lipinski definition) is 1. The van der Waals surface area contributed by atoms with Gasteiger partial charge < -0.3 is 0 Å². The number of nitrogens with one attached hydrogen (secondary N) is 1. The topological polar surface area (TPSA) is 41.6 Å². The lowest BCUT2D eigenvalue weighted by Crippen LogP contribution is -1.83. The van der Waals surface area contributed by atoms with E-state index in [-0.39, 0.29) is 0 Å². The maximum absolute atomic E-state index is 6.09. The van der Waals surface area contributed by atoms with Crippen LogP contribution < -0.4 is 0 Å². The summed E-state index contributed by atoms with van der Waals surface area (Å²) in [5, 5.41) is 8.32. The maximum Gasteiger partial charge on any atom is 0.182 e. The first-order valence-electron chi connectivity index (χ1n) is 5.12. The van der Waals surface area contributed by atoms with Gasteiger partial charge in [0.1, 0.15) is 5.82 Å². The molecule has 0 bridgehead atoms. The number of nitrogens with zero attached hydrogens (tertiary/aromatic N) is 2. The van der Waals surface area contributed by atoms with Crippen LogP contribution in [0.5, 0.6) is 0 Å². The highest BCUT2D eigenvalue weighted by molar-refractivity contribution is 6.36. The van der Waals surface area contributed by atoms with E-state index >= 15 is 0 Å². The number of aromatic nitrogens is 3. The van der Waals surface area contributed by atoms with Gasteiger partial charge in [-0.2, -0.15) is 5.10 Å². The van der Waals surface area contributed by atoms with Gasteiger partial charge in [0, 0.05) is 16.5 Å². The number of hydrogen-bond acceptors (Lipinski definition) is 2. The molecule has 0 amide bonds. The smallest absolute Gasteiger partial charge is 0.182 e. The molecule has 3 rings (SSSR count). The van der Waals surface area contributed by atoms with Gasteiger partial charge >= 0.3 is 0 Å². The summed E-state index contributed by atoms with van der Waals surface area (Å²) in [5.41, 5.74) is 0.814. The molecule has 0 saturated heterocycles. The van der Waals surface area contributed by atoms with Crippen molar-refractivity contribution in [3.05, 3.63) is 34.1 Å². The fourth-order valence-corrected chi connectivity index (χ4v) is 2.10. The Labute approximate surface area is 103 Å². The van der Waals surface area contributed by atoms with Crippen LogP contribution in [0.1, 0.15) is 24.6 Å². The zero-order valence-corrected chi connectivity index (χ0v) is 9.89. The van der Waals surface area contributed by atoms with Gasteiger partial charge in [-0.15, -0.1) is 0 Å². The van der Waals surface area contributed by atoms with E-state index < -0.39 is 0 Å². The van der Waals surface area contributed by atoms with Gasteiger partial charge in [-0.1, -0.05) is 23.2 Å². The van der Waals surface area contributed by atoms with Crippen molar-refractivity contribution in [2.75, 3.05) is 0 Å². The molecule has 2 aromatic rings. The second kappa shape index (κ2) is 3.75. The summed E-state index contributed by atoms with van der Waals surface area (Å²) in [6.45, 7) is 0. The Kier molecular flexibility index (Phi) is 2.37. The van der Waals surface area contributed by atoms with E-state index in [1.165, 1.54) is 12.8 Å². The molecule has 1 aliphatic carbocycles. The first kappa shape index (κ1) is 10.1. The number of aromatic amines is 1. The predicted octanol–water partition coefficient (Wildman–Crippen LogP) is 3.66. The summed E-state index contributed by atoms with van der Waals surface area (Å²) in [6, 6.07) is 5.33. The van der Waals surface area contributed by atoms with E-state index in [1.807, 2.05) is 6.07 Å². The first-order valence-corrected chi connectivity index (χ1v) is 5.87. The van der Waals surface area contributed by atoms with Gasteiger partial charge in [0.25, 0.3) is 0 Å². The molecule has 1 aromatic heterocycles. The molecule has 82 valence electrons. The summed E-state index contributed by atoms with van der Waals surface area (Å²) < 4.78 is 0. The van der Waals surface area contributed by atoms with Crippen LogP contribution in [0.3, 0.4) is 0 Å². The highest BCUT2D eigenvalue weighted by Gasteiger charge is 2.27. The number of halogens is 2. The Morgan fingerprint density at radius 1 is 1.25 bits per heavy atom. The monoisotopic (exact) mass is 253 g/mol. The maximum atomic E-state index is 6.09. The summed E-state index contributed by atoms with van der Waals surface area (Å²) in [4.78, 5) is 4.44. The summed E-state index contributed by atoms with van der Waals surface area (Å²) in [7, 11) is 0. The molecule has 1 aromatic carbocycles. The van der Waals surface area contributed by atoms with Crippen molar-refractivity contribution in [2.45, 2.75) is 18.8 Å². The fourth-order valence-electron chi connectivity index (χ4n) is 1.60. The lowest BCUT2D eigenvalue weighted by atomic mass is 10.2. The Morgan fingerprint density at radius 2 is 2.06 bits per heavy atom. The van der Waals surface area contributed by atoms with Crippen LogP contribution in [0.4, 0.5) is 0 Å². The van der Waals surface area contributed by atoms with Crippen LogP contribution in [0, 0.1) is 0 Å². The van der Waals surface area contributed by atoms with Crippen molar-refractivity contribution in [3.8, 4) is 11.4 Å². The van der Waals surface area contributed by atoms with Crippen LogP contribution in [0.15, 0.2) is 18.2 Å². The largest absolute Gasteiger partial charge is 0.262 e. The Balaban J connectivity index is 2.00. The quantitative estimate of drug-likeness (QED) is 0.888. The van der Waals surface area contributed by atoms with Gasteiger partial charge in [-0.3, -0.25) is 5.10 Å². The van der Waals surface area contributed by atoms with E-state index in [2.05, 4.69) is 15.2 Å². The normalized spacial score (nSPS) is 15.4. The molecule has 1 fully saturated rings. The van der Waals surface area contributed by atoms with E-state index in [9.17, 15) is 0 Å². The molecular weight excluding hydrogens is 245 g/mol. The molecule has 3 nitrogen and oxygen atoms in total. The Hall–Kier alpha value is -1.06. The number of H-pyrrole nitrogens is 1. The second-order valence-corrected chi connectivity index (χ2v) is 4.79. The van der Waals surface area contributed by atoms with Crippen LogP contribution in [0.25, 0.3) is 11.4 Å². The molecule has 1 N–H and O–H groups in total. The molecular formula is C11H9Cl2N3. The summed E-state index contributed by atoms with van der Waals surface area (Å²) >= 11 is 11.9. The van der Waals surface area contributed by atoms with Gasteiger partial charge in [-0.05, 0) is 31.0 Å². The first-order chi connectivity index (χ1) is 7.74. The van der Waals surface area contributed by atoms with Gasteiger partial charge in [0.2, 0.25) is 0 Å². The van der Waals surface area contributed by atoms with E-state index in [1.54, 1.807) is 12.1 Å². The van der Waals surface area contributed by atoms with E-state index in [4.69, 9.17) is 23.2 Å². The third-order valence-electron chi connectivity index (χ3n) is 2.64. The van der Waals surface area contributed by atoms with Gasteiger partial charge in [-0.25, -0.2) is 4.98 Å². The van der Waals surface area contributed by atoms with Crippen LogP contribution in [-0.4, -0.2) is 15.2 Å². The van der Waals surface area contributed by atoms with Gasteiger partial charge in [0.15, 0.2) is 5.82 Å². The molecule has 0 radical (unpaired) electrons. The molecule has 0 aliphatic heterocycles. The van der Waals surface area contributed by atoms with Crippen molar-refractivity contribution in [1.29, 1.82) is 0 Å². The average Bonchev–Trinajstić information content (AvgIpc) is 2.98. The molecule has 1 aliphatic rings. The number of rotatable bonds is 2. The third-order valence-corrected chi connectivity index (χ3v) is 3.19. The minimum absolute atomic E-state index is 0.562. The summed E-state index contributed by atoms with van der Waals surface area (Å²) in [6.07, 6.45) is 2.39.